The Morgan fingerprint density at radius 1 is 0.744 bits per heavy atom. The predicted molar refractivity (Wildman–Crippen MR) is 150 cm³/mol. The highest BCUT2D eigenvalue weighted by Gasteiger charge is 2.45. The monoisotopic (exact) mass is 602 g/mol. The standard InChI is InChI=1S/C32H32F6N4O/c33-31(34,35)24-13-22(14-25(15-24)32(36,37)38)17-39-11-12-41(29(20-39)23-7-3-1-4-8-23)30(43)21-40-18-28-16-27(40)19-42(28)26-9-5-2-6-10-26/h1-10,13-15,27-29H,11-12,16-21H2. The normalized spacial score (nSPS) is 23.3. The van der Waals surface area contributed by atoms with Gasteiger partial charge in [0, 0.05) is 57.0 Å². The molecule has 3 atom stereocenters. The topological polar surface area (TPSA) is 30.0 Å². The molecule has 5 nitrogen and oxygen atoms in total. The van der Waals surface area contributed by atoms with Gasteiger partial charge in [-0.3, -0.25) is 14.6 Å². The molecule has 3 aromatic rings. The molecule has 1 amide bonds. The van der Waals surface area contributed by atoms with Crippen molar-refractivity contribution in [3.63, 3.8) is 0 Å². The largest absolute Gasteiger partial charge is 0.416 e. The summed E-state index contributed by atoms with van der Waals surface area (Å²) in [6.45, 7) is 2.77. The SMILES string of the molecule is O=C(CN1CC2CC1CN2c1ccccc1)N1CCN(Cc2cc(C(F)(F)F)cc(C(F)(F)F)c2)CC1c1ccccc1. The molecule has 3 aliphatic rings. The summed E-state index contributed by atoms with van der Waals surface area (Å²) in [5, 5.41) is 0. The lowest BCUT2D eigenvalue weighted by Crippen LogP contribution is -2.54. The molecule has 3 saturated heterocycles. The third-order valence-electron chi connectivity index (χ3n) is 8.80. The van der Waals surface area contributed by atoms with Crippen LogP contribution in [0.4, 0.5) is 32.0 Å². The first kappa shape index (κ1) is 29.5. The predicted octanol–water partition coefficient (Wildman–Crippen LogP) is 6.07. The van der Waals surface area contributed by atoms with Gasteiger partial charge in [-0.2, -0.15) is 26.3 Å². The average Bonchev–Trinajstić information content (AvgIpc) is 3.58. The van der Waals surface area contributed by atoms with Gasteiger partial charge in [0.05, 0.1) is 23.7 Å². The number of carbonyl (C=O) groups excluding carboxylic acids is 1. The Morgan fingerprint density at radius 2 is 1.37 bits per heavy atom. The second-order valence-electron chi connectivity index (χ2n) is 11.6. The Morgan fingerprint density at radius 3 is 1.95 bits per heavy atom. The number of anilines is 1. The van der Waals surface area contributed by atoms with E-state index in [9.17, 15) is 31.1 Å². The minimum atomic E-state index is -4.90. The highest BCUT2D eigenvalue weighted by molar-refractivity contribution is 5.79. The molecule has 3 aromatic carbocycles. The Kier molecular flexibility index (Phi) is 7.89. The summed E-state index contributed by atoms with van der Waals surface area (Å²) in [4.78, 5) is 22.0. The molecular weight excluding hydrogens is 570 g/mol. The fraction of sp³-hybridized carbons (Fsp3) is 0.406. The van der Waals surface area contributed by atoms with E-state index in [4.69, 9.17) is 0 Å². The number of hydrogen-bond acceptors (Lipinski definition) is 4. The Labute approximate surface area is 246 Å². The molecule has 11 heteroatoms. The number of alkyl halides is 6. The van der Waals surface area contributed by atoms with Gasteiger partial charge in [-0.1, -0.05) is 48.5 Å². The molecule has 0 N–H and O–H groups in total. The van der Waals surface area contributed by atoms with Crippen LogP contribution >= 0.6 is 0 Å². The lowest BCUT2D eigenvalue weighted by molar-refractivity contribution is -0.143. The zero-order valence-corrected chi connectivity index (χ0v) is 23.4. The van der Waals surface area contributed by atoms with Gasteiger partial charge in [-0.25, -0.2) is 0 Å². The number of piperazine rings is 2. The minimum absolute atomic E-state index is 0.0225. The summed E-state index contributed by atoms with van der Waals surface area (Å²) in [7, 11) is 0. The molecule has 2 bridgehead atoms. The second kappa shape index (κ2) is 11.5. The molecule has 3 fully saturated rings. The number of halogens is 6. The van der Waals surface area contributed by atoms with Crippen molar-refractivity contribution < 1.29 is 31.1 Å². The van der Waals surface area contributed by atoms with Crippen LogP contribution < -0.4 is 4.90 Å². The van der Waals surface area contributed by atoms with Gasteiger partial charge in [-0.05, 0) is 47.9 Å². The first-order chi connectivity index (χ1) is 20.5. The third kappa shape index (κ3) is 6.38. The van der Waals surface area contributed by atoms with Gasteiger partial charge in [-0.15, -0.1) is 0 Å². The van der Waals surface area contributed by atoms with Crippen LogP contribution in [-0.4, -0.2) is 72.0 Å². The quantitative estimate of drug-likeness (QED) is 0.321. The summed E-state index contributed by atoms with van der Waals surface area (Å²) in [6.07, 6.45) is -8.81. The smallest absolute Gasteiger partial charge is 0.366 e. The number of rotatable bonds is 6. The van der Waals surface area contributed by atoms with E-state index < -0.39 is 23.5 Å². The summed E-state index contributed by atoms with van der Waals surface area (Å²) >= 11 is 0. The van der Waals surface area contributed by atoms with E-state index in [1.165, 1.54) is 5.69 Å². The number of fused-ring (bicyclic) bond motifs is 2. The second-order valence-corrected chi connectivity index (χ2v) is 11.6. The van der Waals surface area contributed by atoms with Crippen molar-refractivity contribution in [2.75, 3.05) is 44.2 Å². The number of benzene rings is 3. The molecule has 0 radical (unpaired) electrons. The maximum atomic E-state index is 13.7. The van der Waals surface area contributed by atoms with Crippen molar-refractivity contribution in [3.05, 3.63) is 101 Å². The van der Waals surface area contributed by atoms with Crippen LogP contribution in [-0.2, 0) is 23.7 Å². The van der Waals surface area contributed by atoms with E-state index in [-0.39, 0.29) is 42.7 Å². The molecular formula is C32H32F6N4O. The third-order valence-corrected chi connectivity index (χ3v) is 8.80. The fourth-order valence-corrected chi connectivity index (χ4v) is 6.75. The van der Waals surface area contributed by atoms with E-state index in [0.717, 1.165) is 37.2 Å². The Bertz CT molecular complexity index is 1400. The highest BCUT2D eigenvalue weighted by Crippen LogP contribution is 2.38. The summed E-state index contributed by atoms with van der Waals surface area (Å²) in [6, 6.07) is 21.6. The molecule has 3 heterocycles. The first-order valence-corrected chi connectivity index (χ1v) is 14.4. The zero-order chi connectivity index (χ0) is 30.4. The summed E-state index contributed by atoms with van der Waals surface area (Å²) in [5.41, 5.74) is -0.652. The lowest BCUT2D eigenvalue weighted by Gasteiger charge is -2.43. The van der Waals surface area contributed by atoms with Gasteiger partial charge in [0.25, 0.3) is 0 Å². The van der Waals surface area contributed by atoms with Crippen LogP contribution in [0.25, 0.3) is 0 Å². The van der Waals surface area contributed by atoms with Crippen molar-refractivity contribution >= 4 is 11.6 Å². The number of carbonyl (C=O) groups is 1. The van der Waals surface area contributed by atoms with Crippen molar-refractivity contribution in [1.82, 2.24) is 14.7 Å². The van der Waals surface area contributed by atoms with E-state index in [1.54, 1.807) is 0 Å². The molecule has 3 unspecified atom stereocenters. The van der Waals surface area contributed by atoms with Gasteiger partial charge in [0.15, 0.2) is 0 Å². The van der Waals surface area contributed by atoms with Crippen LogP contribution in [0.2, 0.25) is 0 Å². The average molecular weight is 603 g/mol. The van der Waals surface area contributed by atoms with E-state index in [2.05, 4.69) is 21.9 Å². The van der Waals surface area contributed by atoms with E-state index in [1.807, 2.05) is 58.3 Å². The molecule has 3 aliphatic heterocycles. The van der Waals surface area contributed by atoms with Gasteiger partial charge < -0.3 is 9.80 Å². The van der Waals surface area contributed by atoms with E-state index >= 15 is 0 Å². The van der Waals surface area contributed by atoms with Gasteiger partial charge in [0.2, 0.25) is 5.91 Å². The number of likely N-dealkylation sites (tertiary alicyclic amines) is 1. The molecule has 0 aliphatic carbocycles. The van der Waals surface area contributed by atoms with E-state index in [0.29, 0.717) is 25.7 Å². The van der Waals surface area contributed by atoms with Crippen LogP contribution in [0.5, 0.6) is 0 Å². The maximum Gasteiger partial charge on any atom is 0.416 e. The van der Waals surface area contributed by atoms with Crippen LogP contribution in [0.15, 0.2) is 78.9 Å². The summed E-state index contributed by atoms with van der Waals surface area (Å²) in [5.74, 6) is -0.0225. The molecule has 228 valence electrons. The Hall–Kier alpha value is -3.57. The minimum Gasteiger partial charge on any atom is -0.366 e. The number of amides is 1. The number of nitrogens with zero attached hydrogens (tertiary/aromatic N) is 4. The first-order valence-electron chi connectivity index (χ1n) is 14.4. The highest BCUT2D eigenvalue weighted by atomic mass is 19.4. The van der Waals surface area contributed by atoms with Crippen LogP contribution in [0.3, 0.4) is 0 Å². The number of hydrogen-bond donors (Lipinski definition) is 0. The molecule has 43 heavy (non-hydrogen) atoms. The maximum absolute atomic E-state index is 13.7. The van der Waals surface area contributed by atoms with Gasteiger partial charge in [0.1, 0.15) is 0 Å². The van der Waals surface area contributed by atoms with Crippen molar-refractivity contribution in [3.8, 4) is 0 Å². The van der Waals surface area contributed by atoms with Crippen LogP contribution in [0.1, 0.15) is 34.7 Å². The van der Waals surface area contributed by atoms with Crippen molar-refractivity contribution in [2.24, 2.45) is 0 Å². The number of para-hydroxylation sites is 1. The molecule has 0 saturated carbocycles. The fourth-order valence-electron chi connectivity index (χ4n) is 6.75. The lowest BCUT2D eigenvalue weighted by atomic mass is 10.00. The summed E-state index contributed by atoms with van der Waals surface area (Å²) < 4.78 is 80.6. The zero-order valence-electron chi connectivity index (χ0n) is 23.4. The molecule has 0 spiro atoms. The molecule has 0 aromatic heterocycles. The van der Waals surface area contributed by atoms with Crippen molar-refractivity contribution in [2.45, 2.75) is 43.4 Å². The van der Waals surface area contributed by atoms with Gasteiger partial charge >= 0.3 is 12.4 Å². The molecule has 6 rings (SSSR count). The van der Waals surface area contributed by atoms with Crippen LogP contribution in [0, 0.1) is 0 Å². The Balaban J connectivity index is 1.16. The van der Waals surface area contributed by atoms with Crippen molar-refractivity contribution in [1.29, 1.82) is 0 Å².